The number of benzene rings is 1. The van der Waals surface area contributed by atoms with Gasteiger partial charge < -0.3 is 5.73 Å². The normalized spacial score (nSPS) is 21.0. The molecular formula is C15H18N2O2. The van der Waals surface area contributed by atoms with Gasteiger partial charge in [-0.25, -0.2) is 0 Å². The quantitative estimate of drug-likeness (QED) is 0.654. The van der Waals surface area contributed by atoms with Gasteiger partial charge in [-0.05, 0) is 36.5 Å². The first-order chi connectivity index (χ1) is 9.00. The summed E-state index contributed by atoms with van der Waals surface area (Å²) in [5.74, 6) is -0.367. The lowest BCUT2D eigenvalue weighted by atomic mass is 9.88. The fourth-order valence-electron chi connectivity index (χ4n) is 3.22. The molecule has 0 unspecified atom stereocenters. The zero-order chi connectivity index (χ0) is 13.6. The van der Waals surface area contributed by atoms with Crippen molar-refractivity contribution in [3.8, 4) is 0 Å². The number of amides is 2. The number of imide groups is 1. The number of hydrogen-bond donors (Lipinski definition) is 1. The summed E-state index contributed by atoms with van der Waals surface area (Å²) < 4.78 is 0. The van der Waals surface area contributed by atoms with E-state index in [1.165, 1.54) is 17.7 Å². The summed E-state index contributed by atoms with van der Waals surface area (Å²) in [6.07, 6.45) is 4.55. The molecule has 0 bridgehead atoms. The van der Waals surface area contributed by atoms with E-state index in [9.17, 15) is 9.59 Å². The van der Waals surface area contributed by atoms with Gasteiger partial charge in [-0.3, -0.25) is 14.5 Å². The van der Waals surface area contributed by atoms with Crippen molar-refractivity contribution in [3.05, 3.63) is 29.3 Å². The van der Waals surface area contributed by atoms with Crippen LogP contribution in [0.25, 0.3) is 0 Å². The van der Waals surface area contributed by atoms with E-state index in [-0.39, 0.29) is 17.2 Å². The highest BCUT2D eigenvalue weighted by Crippen LogP contribution is 2.39. The largest absolute Gasteiger partial charge is 0.399 e. The van der Waals surface area contributed by atoms with Gasteiger partial charge in [-0.15, -0.1) is 0 Å². The highest BCUT2D eigenvalue weighted by Gasteiger charge is 2.40. The predicted molar refractivity (Wildman–Crippen MR) is 72.8 cm³/mol. The molecule has 4 nitrogen and oxygen atoms in total. The number of nitrogen functional groups attached to an aromatic ring is 1. The Hall–Kier alpha value is -1.84. The zero-order valence-electron chi connectivity index (χ0n) is 11.1. The topological polar surface area (TPSA) is 63.4 Å². The van der Waals surface area contributed by atoms with Gasteiger partial charge in [0.2, 0.25) is 0 Å². The maximum atomic E-state index is 12.3. The summed E-state index contributed by atoms with van der Waals surface area (Å²) in [6.45, 7) is 2.69. The molecule has 1 aliphatic carbocycles. The highest BCUT2D eigenvalue weighted by molar-refractivity contribution is 6.21. The molecule has 0 radical (unpaired) electrons. The summed E-state index contributed by atoms with van der Waals surface area (Å²) in [7, 11) is 0. The minimum absolute atomic E-state index is 0.0822. The Morgan fingerprint density at radius 2 is 1.79 bits per heavy atom. The van der Waals surface area contributed by atoms with Crippen LogP contribution < -0.4 is 5.73 Å². The van der Waals surface area contributed by atoms with Gasteiger partial charge in [-0.1, -0.05) is 19.8 Å². The van der Waals surface area contributed by atoms with E-state index in [0.29, 0.717) is 23.4 Å². The van der Waals surface area contributed by atoms with E-state index in [2.05, 4.69) is 6.92 Å². The van der Waals surface area contributed by atoms with Crippen molar-refractivity contribution in [1.82, 2.24) is 4.90 Å². The fraction of sp³-hybridized carbons (Fsp3) is 0.467. The van der Waals surface area contributed by atoms with Crippen molar-refractivity contribution in [3.63, 3.8) is 0 Å². The van der Waals surface area contributed by atoms with Crippen molar-refractivity contribution >= 4 is 17.5 Å². The third kappa shape index (κ3) is 1.91. The van der Waals surface area contributed by atoms with Crippen molar-refractivity contribution in [2.45, 2.75) is 32.6 Å². The Morgan fingerprint density at radius 1 is 1.16 bits per heavy atom. The first kappa shape index (κ1) is 12.2. The lowest BCUT2D eigenvalue weighted by Crippen LogP contribution is -2.38. The summed E-state index contributed by atoms with van der Waals surface area (Å²) in [4.78, 5) is 26.0. The maximum absolute atomic E-state index is 12.3. The molecule has 0 aromatic heterocycles. The van der Waals surface area contributed by atoms with Crippen molar-refractivity contribution in [2.75, 3.05) is 12.3 Å². The number of rotatable bonds is 2. The van der Waals surface area contributed by atoms with Crippen molar-refractivity contribution < 1.29 is 9.59 Å². The second-order valence-corrected chi connectivity index (χ2v) is 6.02. The number of carbonyl (C=O) groups excluding carboxylic acids is 2. The number of nitrogens with zero attached hydrogens (tertiary/aromatic N) is 1. The van der Waals surface area contributed by atoms with Gasteiger partial charge in [0, 0.05) is 12.2 Å². The summed E-state index contributed by atoms with van der Waals surface area (Å²) in [6, 6.07) is 4.93. The summed E-state index contributed by atoms with van der Waals surface area (Å²) in [5.41, 5.74) is 7.23. The second kappa shape index (κ2) is 4.08. The van der Waals surface area contributed by atoms with Crippen LogP contribution >= 0.6 is 0 Å². The molecule has 1 fully saturated rings. The predicted octanol–water partition coefficient (Wildman–Crippen LogP) is 2.45. The average molecular weight is 258 g/mol. The number of anilines is 1. The number of carbonyl (C=O) groups is 2. The van der Waals surface area contributed by atoms with Crippen LogP contribution in [0.1, 0.15) is 53.3 Å². The minimum Gasteiger partial charge on any atom is -0.399 e. The zero-order valence-corrected chi connectivity index (χ0v) is 11.1. The fourth-order valence-corrected chi connectivity index (χ4v) is 3.22. The molecule has 1 aromatic carbocycles. The molecule has 1 saturated carbocycles. The standard InChI is InChI=1S/C15H18N2O2/c1-15(6-2-3-7-15)9-17-13(18)11-5-4-10(16)8-12(11)14(17)19/h4-5,8H,2-3,6-7,9,16H2,1H3. The lowest BCUT2D eigenvalue weighted by molar-refractivity contribution is 0.0582. The van der Waals surface area contributed by atoms with Gasteiger partial charge in [-0.2, -0.15) is 0 Å². The monoisotopic (exact) mass is 258 g/mol. The third-order valence-corrected chi connectivity index (χ3v) is 4.35. The Labute approximate surface area is 112 Å². The van der Waals surface area contributed by atoms with Crippen molar-refractivity contribution in [2.24, 2.45) is 5.41 Å². The lowest BCUT2D eigenvalue weighted by Gasteiger charge is -2.28. The van der Waals surface area contributed by atoms with Crippen LogP contribution in [0, 0.1) is 5.41 Å². The van der Waals surface area contributed by atoms with E-state index in [1.54, 1.807) is 18.2 Å². The Balaban J connectivity index is 1.90. The molecule has 0 atom stereocenters. The van der Waals surface area contributed by atoms with E-state index in [0.717, 1.165) is 12.8 Å². The molecule has 19 heavy (non-hydrogen) atoms. The summed E-state index contributed by atoms with van der Waals surface area (Å²) in [5, 5.41) is 0. The molecule has 2 N–H and O–H groups in total. The van der Waals surface area contributed by atoms with E-state index < -0.39 is 0 Å². The molecule has 3 rings (SSSR count). The molecule has 100 valence electrons. The molecule has 0 spiro atoms. The SMILES string of the molecule is CC1(CN2C(=O)c3ccc(N)cc3C2=O)CCCC1. The van der Waals surface area contributed by atoms with E-state index in [4.69, 9.17) is 5.73 Å². The van der Waals surface area contributed by atoms with Crippen LogP contribution in [0.5, 0.6) is 0 Å². The molecule has 1 aromatic rings. The van der Waals surface area contributed by atoms with Crippen LogP contribution in [0.2, 0.25) is 0 Å². The average Bonchev–Trinajstić information content (AvgIpc) is 2.89. The molecule has 0 saturated heterocycles. The third-order valence-electron chi connectivity index (χ3n) is 4.35. The molecule has 2 aliphatic rings. The number of fused-ring (bicyclic) bond motifs is 1. The Bertz CT molecular complexity index is 559. The van der Waals surface area contributed by atoms with Crippen LogP contribution in [-0.2, 0) is 0 Å². The van der Waals surface area contributed by atoms with Gasteiger partial charge >= 0.3 is 0 Å². The number of nitrogens with two attached hydrogens (primary N) is 1. The highest BCUT2D eigenvalue weighted by atomic mass is 16.2. The maximum Gasteiger partial charge on any atom is 0.261 e. The summed E-state index contributed by atoms with van der Waals surface area (Å²) >= 11 is 0. The Morgan fingerprint density at radius 3 is 2.47 bits per heavy atom. The molecule has 2 amide bonds. The van der Waals surface area contributed by atoms with Gasteiger partial charge in [0.1, 0.15) is 0 Å². The van der Waals surface area contributed by atoms with Crippen LogP contribution in [0.4, 0.5) is 5.69 Å². The van der Waals surface area contributed by atoms with Gasteiger partial charge in [0.05, 0.1) is 11.1 Å². The molecule has 4 heteroatoms. The second-order valence-electron chi connectivity index (χ2n) is 6.02. The smallest absolute Gasteiger partial charge is 0.261 e. The minimum atomic E-state index is -0.194. The van der Waals surface area contributed by atoms with Crippen molar-refractivity contribution in [1.29, 1.82) is 0 Å². The molecule has 1 heterocycles. The van der Waals surface area contributed by atoms with Crippen LogP contribution in [0.15, 0.2) is 18.2 Å². The number of hydrogen-bond acceptors (Lipinski definition) is 3. The van der Waals surface area contributed by atoms with E-state index >= 15 is 0 Å². The Kier molecular flexibility index (Phi) is 2.62. The first-order valence-corrected chi connectivity index (χ1v) is 6.76. The molecular weight excluding hydrogens is 240 g/mol. The van der Waals surface area contributed by atoms with Crippen LogP contribution in [-0.4, -0.2) is 23.3 Å². The van der Waals surface area contributed by atoms with E-state index in [1.807, 2.05) is 0 Å². The first-order valence-electron chi connectivity index (χ1n) is 6.76. The van der Waals surface area contributed by atoms with Crippen LogP contribution in [0.3, 0.4) is 0 Å². The van der Waals surface area contributed by atoms with Gasteiger partial charge in [0.25, 0.3) is 11.8 Å². The van der Waals surface area contributed by atoms with Gasteiger partial charge in [0.15, 0.2) is 0 Å². The molecule has 1 aliphatic heterocycles.